The Kier molecular flexibility index (Phi) is 5.96. The van der Waals surface area contributed by atoms with Crippen LogP contribution >= 0.6 is 28.3 Å². The van der Waals surface area contributed by atoms with Gasteiger partial charge in [0.05, 0.1) is 11.2 Å². The summed E-state index contributed by atoms with van der Waals surface area (Å²) in [4.78, 5) is 5.84. The van der Waals surface area contributed by atoms with E-state index >= 15 is 0 Å². The Labute approximate surface area is 135 Å². The van der Waals surface area contributed by atoms with Crippen LogP contribution in [-0.2, 0) is 6.54 Å². The number of halogens is 1. The summed E-state index contributed by atoms with van der Waals surface area (Å²) in [6.07, 6.45) is 1.92. The topological polar surface area (TPSA) is 17.3 Å². The number of rotatable bonds is 3. The second-order valence-corrected chi connectivity index (χ2v) is 6.29. The lowest BCUT2D eigenvalue weighted by atomic mass is 10.1. The van der Waals surface area contributed by atoms with E-state index in [0.29, 0.717) is 0 Å². The Morgan fingerprint density at radius 1 is 1.25 bits per heavy atom. The lowest BCUT2D eigenvalue weighted by Crippen LogP contribution is -2.22. The molecule has 2 nitrogen and oxygen atoms in total. The predicted octanol–water partition coefficient (Wildman–Crippen LogP) is 4.68. The fraction of sp³-hybridized carbons (Fsp3) is 0.312. The summed E-state index contributed by atoms with van der Waals surface area (Å²) in [5.41, 5.74) is 2.35. The van der Waals surface area contributed by atoms with E-state index in [-0.39, 0.29) is 22.5 Å². The molecule has 0 saturated heterocycles. The van der Waals surface area contributed by atoms with Crippen LogP contribution in [0.1, 0.15) is 20.8 Å². The van der Waals surface area contributed by atoms with Crippen molar-refractivity contribution >= 4 is 28.3 Å². The highest BCUT2D eigenvalue weighted by Crippen LogP contribution is 2.20. The SMILES string of the molecule is Br.C=CCn1c(-c2ccccc2)csc1=NC(C)(C)C. The predicted molar refractivity (Wildman–Crippen MR) is 93.6 cm³/mol. The van der Waals surface area contributed by atoms with Gasteiger partial charge in [-0.15, -0.1) is 34.9 Å². The molecule has 1 heterocycles. The first-order valence-electron chi connectivity index (χ1n) is 6.42. The van der Waals surface area contributed by atoms with Gasteiger partial charge < -0.3 is 4.57 Å². The number of hydrogen-bond acceptors (Lipinski definition) is 2. The third-order valence-electron chi connectivity index (χ3n) is 2.61. The molecule has 0 fully saturated rings. The van der Waals surface area contributed by atoms with Gasteiger partial charge in [-0.2, -0.15) is 0 Å². The minimum Gasteiger partial charge on any atom is -0.313 e. The van der Waals surface area contributed by atoms with Crippen molar-refractivity contribution in [1.29, 1.82) is 0 Å². The third kappa shape index (κ3) is 4.18. The number of hydrogen-bond donors (Lipinski definition) is 0. The Balaban J connectivity index is 0.00000200. The van der Waals surface area contributed by atoms with Crippen molar-refractivity contribution in [2.45, 2.75) is 32.9 Å². The minimum absolute atomic E-state index is 0. The van der Waals surface area contributed by atoms with Gasteiger partial charge in [-0.1, -0.05) is 36.4 Å². The fourth-order valence-corrected chi connectivity index (χ4v) is 2.96. The maximum absolute atomic E-state index is 4.79. The largest absolute Gasteiger partial charge is 0.313 e. The molecule has 0 amide bonds. The standard InChI is InChI=1S/C16H20N2S.BrH/c1-5-11-18-14(13-9-7-6-8-10-13)12-19-15(18)17-16(2,3)4;/h5-10,12H,1,11H2,2-4H3;1H. The second-order valence-electron chi connectivity index (χ2n) is 5.45. The highest BCUT2D eigenvalue weighted by Gasteiger charge is 2.11. The highest BCUT2D eigenvalue weighted by molar-refractivity contribution is 8.93. The van der Waals surface area contributed by atoms with Gasteiger partial charge in [-0.05, 0) is 26.3 Å². The molecular weight excluding hydrogens is 332 g/mol. The van der Waals surface area contributed by atoms with E-state index in [2.05, 4.69) is 61.6 Å². The maximum atomic E-state index is 4.79. The van der Waals surface area contributed by atoms with Crippen LogP contribution in [0.3, 0.4) is 0 Å². The average molecular weight is 353 g/mol. The first-order chi connectivity index (χ1) is 9.01. The molecule has 2 rings (SSSR count). The van der Waals surface area contributed by atoms with Gasteiger partial charge in [0, 0.05) is 11.9 Å². The van der Waals surface area contributed by atoms with E-state index in [1.807, 2.05) is 12.1 Å². The molecule has 0 aliphatic carbocycles. The van der Waals surface area contributed by atoms with Crippen LogP contribution in [0.2, 0.25) is 0 Å². The summed E-state index contributed by atoms with van der Waals surface area (Å²) in [5.74, 6) is 0. The number of allylic oxidation sites excluding steroid dienone is 1. The molecule has 0 aliphatic heterocycles. The zero-order valence-electron chi connectivity index (χ0n) is 12.2. The summed E-state index contributed by atoms with van der Waals surface area (Å²) in [6.45, 7) is 11.0. The van der Waals surface area contributed by atoms with Gasteiger partial charge in [0.15, 0.2) is 4.80 Å². The lowest BCUT2D eigenvalue weighted by molar-refractivity contribution is 0.555. The number of thiazole rings is 1. The zero-order valence-corrected chi connectivity index (χ0v) is 14.7. The lowest BCUT2D eigenvalue weighted by Gasteiger charge is -2.12. The summed E-state index contributed by atoms with van der Waals surface area (Å²) in [7, 11) is 0. The van der Waals surface area contributed by atoms with Crippen LogP contribution in [0.25, 0.3) is 11.3 Å². The molecule has 108 valence electrons. The smallest absolute Gasteiger partial charge is 0.186 e. The molecule has 0 bridgehead atoms. The van der Waals surface area contributed by atoms with Crippen molar-refractivity contribution in [2.75, 3.05) is 0 Å². The normalized spacial score (nSPS) is 12.1. The highest BCUT2D eigenvalue weighted by atomic mass is 79.9. The van der Waals surface area contributed by atoms with Crippen molar-refractivity contribution in [1.82, 2.24) is 4.57 Å². The monoisotopic (exact) mass is 352 g/mol. The molecule has 0 atom stereocenters. The van der Waals surface area contributed by atoms with Crippen molar-refractivity contribution in [3.63, 3.8) is 0 Å². The number of nitrogens with zero attached hydrogens (tertiary/aromatic N) is 2. The minimum atomic E-state index is -0.0677. The number of benzene rings is 1. The van der Waals surface area contributed by atoms with E-state index in [9.17, 15) is 0 Å². The molecule has 0 spiro atoms. The van der Waals surface area contributed by atoms with Crippen LogP contribution in [-0.4, -0.2) is 10.1 Å². The van der Waals surface area contributed by atoms with Crippen molar-refractivity contribution < 1.29 is 0 Å². The van der Waals surface area contributed by atoms with E-state index in [1.54, 1.807) is 11.3 Å². The van der Waals surface area contributed by atoms with Gasteiger partial charge in [0.25, 0.3) is 0 Å². The van der Waals surface area contributed by atoms with E-state index in [4.69, 9.17) is 4.99 Å². The Bertz CT molecular complexity index is 618. The molecule has 0 radical (unpaired) electrons. The van der Waals surface area contributed by atoms with Crippen LogP contribution in [0.15, 0.2) is 53.4 Å². The Morgan fingerprint density at radius 3 is 2.45 bits per heavy atom. The zero-order chi connectivity index (χ0) is 13.9. The Hall–Kier alpha value is -1.13. The summed E-state index contributed by atoms with van der Waals surface area (Å²) < 4.78 is 2.22. The molecule has 1 aromatic carbocycles. The van der Waals surface area contributed by atoms with Crippen molar-refractivity contribution in [3.05, 3.63) is 53.2 Å². The van der Waals surface area contributed by atoms with Gasteiger partial charge in [0.2, 0.25) is 0 Å². The first-order valence-corrected chi connectivity index (χ1v) is 7.30. The van der Waals surface area contributed by atoms with Gasteiger partial charge >= 0.3 is 0 Å². The van der Waals surface area contributed by atoms with Crippen LogP contribution in [0.4, 0.5) is 0 Å². The fourth-order valence-electron chi connectivity index (χ4n) is 1.85. The van der Waals surface area contributed by atoms with Crippen LogP contribution in [0, 0.1) is 0 Å². The second kappa shape index (κ2) is 7.04. The van der Waals surface area contributed by atoms with Gasteiger partial charge in [0.1, 0.15) is 0 Å². The summed E-state index contributed by atoms with van der Waals surface area (Å²) >= 11 is 1.69. The number of aromatic nitrogens is 1. The van der Waals surface area contributed by atoms with Gasteiger partial charge in [-0.25, -0.2) is 0 Å². The molecule has 2 aromatic rings. The summed E-state index contributed by atoms with van der Waals surface area (Å²) in [6, 6.07) is 10.4. The molecule has 0 unspecified atom stereocenters. The molecule has 1 aromatic heterocycles. The molecule has 0 N–H and O–H groups in total. The van der Waals surface area contributed by atoms with E-state index in [1.165, 1.54) is 11.3 Å². The molecular formula is C16H21BrN2S. The molecule has 20 heavy (non-hydrogen) atoms. The van der Waals surface area contributed by atoms with Crippen molar-refractivity contribution in [2.24, 2.45) is 4.99 Å². The van der Waals surface area contributed by atoms with E-state index in [0.717, 1.165) is 11.3 Å². The van der Waals surface area contributed by atoms with E-state index < -0.39 is 0 Å². The molecule has 4 heteroatoms. The Morgan fingerprint density at radius 2 is 1.90 bits per heavy atom. The van der Waals surface area contributed by atoms with Crippen molar-refractivity contribution in [3.8, 4) is 11.3 Å². The third-order valence-corrected chi connectivity index (χ3v) is 3.47. The van der Waals surface area contributed by atoms with Crippen LogP contribution < -0.4 is 4.80 Å². The molecule has 0 saturated carbocycles. The first kappa shape index (κ1) is 16.9. The molecule has 0 aliphatic rings. The maximum Gasteiger partial charge on any atom is 0.186 e. The van der Waals surface area contributed by atoms with Crippen LogP contribution in [0.5, 0.6) is 0 Å². The quantitative estimate of drug-likeness (QED) is 0.713. The van der Waals surface area contributed by atoms with Gasteiger partial charge in [-0.3, -0.25) is 4.99 Å². The summed E-state index contributed by atoms with van der Waals surface area (Å²) in [5, 5.41) is 2.17. The average Bonchev–Trinajstić information content (AvgIpc) is 2.72.